The highest BCUT2D eigenvalue weighted by Gasteiger charge is 2.38. The molecule has 26 heavy (non-hydrogen) atoms. The van der Waals surface area contributed by atoms with Crippen molar-refractivity contribution in [1.29, 1.82) is 0 Å². The number of piperidine rings is 1. The zero-order chi connectivity index (χ0) is 18.9. The average Bonchev–Trinajstić information content (AvgIpc) is 2.59. The molecule has 144 valence electrons. The molecule has 0 aromatic carbocycles. The maximum Gasteiger partial charge on any atom is 0.407 e. The smallest absolute Gasteiger partial charge is 0.407 e. The molecule has 0 aliphatic carbocycles. The summed E-state index contributed by atoms with van der Waals surface area (Å²) >= 11 is 0. The number of hydrogen-bond acceptors (Lipinski definition) is 6. The number of amides is 1. The van der Waals surface area contributed by atoms with Crippen molar-refractivity contribution in [3.8, 4) is 11.5 Å². The van der Waals surface area contributed by atoms with Gasteiger partial charge in [-0.05, 0) is 27.2 Å². The molecule has 3 heterocycles. The van der Waals surface area contributed by atoms with Crippen molar-refractivity contribution < 1.29 is 24.5 Å². The molecule has 0 bridgehead atoms. The average molecular weight is 365 g/mol. The molecule has 0 unspecified atom stereocenters. The number of hydrogen-bond donors (Lipinski definition) is 2. The van der Waals surface area contributed by atoms with Crippen LogP contribution in [0.4, 0.5) is 4.79 Å². The van der Waals surface area contributed by atoms with Crippen molar-refractivity contribution in [1.82, 2.24) is 14.8 Å². The summed E-state index contributed by atoms with van der Waals surface area (Å²) in [5.41, 5.74) is 0.513. The van der Waals surface area contributed by atoms with Gasteiger partial charge in [0.25, 0.3) is 0 Å². The number of β-amino-alcohol motifs (C(OH)–C–C–N with tert-alkyl or cyclic N) is 1. The van der Waals surface area contributed by atoms with E-state index in [4.69, 9.17) is 9.47 Å². The van der Waals surface area contributed by atoms with E-state index in [9.17, 15) is 15.0 Å². The van der Waals surface area contributed by atoms with Gasteiger partial charge in [0.1, 0.15) is 13.2 Å². The largest absolute Gasteiger partial charge is 0.486 e. The van der Waals surface area contributed by atoms with E-state index in [0.717, 1.165) is 6.54 Å². The highest BCUT2D eigenvalue weighted by atomic mass is 16.6. The number of fused-ring (bicyclic) bond motifs is 1. The lowest BCUT2D eigenvalue weighted by molar-refractivity contribution is -0.0358. The third-order valence-electron chi connectivity index (χ3n) is 4.96. The van der Waals surface area contributed by atoms with E-state index in [-0.39, 0.29) is 12.1 Å². The van der Waals surface area contributed by atoms with Crippen LogP contribution in [0, 0.1) is 0 Å². The normalized spacial score (nSPS) is 23.5. The standard InChI is InChI=1S/C18H27N3O5/c1-18(2,3)20-5-4-13(14(22)11-20)21(17(23)24)10-12-8-15-16(9-19-12)26-7-6-25-15/h8-9,13-14,22H,4-7,10-11H2,1-3H3,(H,23,24)/t13-,14+/m0/s1. The van der Waals surface area contributed by atoms with Gasteiger partial charge in [-0.25, -0.2) is 4.79 Å². The molecule has 0 spiro atoms. The number of aliphatic hydroxyl groups excluding tert-OH is 1. The van der Waals surface area contributed by atoms with Crippen molar-refractivity contribution in [2.75, 3.05) is 26.3 Å². The van der Waals surface area contributed by atoms with Gasteiger partial charge in [0.2, 0.25) is 0 Å². The quantitative estimate of drug-likeness (QED) is 0.839. The summed E-state index contributed by atoms with van der Waals surface area (Å²) in [7, 11) is 0. The minimum absolute atomic E-state index is 0.0581. The fraction of sp³-hybridized carbons (Fsp3) is 0.667. The van der Waals surface area contributed by atoms with Crippen LogP contribution in [-0.4, -0.2) is 75.1 Å². The number of pyridine rings is 1. The Morgan fingerprint density at radius 3 is 2.65 bits per heavy atom. The predicted molar refractivity (Wildman–Crippen MR) is 94.5 cm³/mol. The summed E-state index contributed by atoms with van der Waals surface area (Å²) in [6.45, 7) is 8.51. The maximum absolute atomic E-state index is 11.8. The molecule has 0 saturated carbocycles. The van der Waals surface area contributed by atoms with Crippen LogP contribution in [-0.2, 0) is 6.54 Å². The molecule has 1 saturated heterocycles. The van der Waals surface area contributed by atoms with E-state index in [1.54, 1.807) is 12.3 Å². The van der Waals surface area contributed by atoms with Crippen LogP contribution >= 0.6 is 0 Å². The Labute approximate surface area is 153 Å². The minimum Gasteiger partial charge on any atom is -0.486 e. The first-order valence-corrected chi connectivity index (χ1v) is 8.93. The Bertz CT molecular complexity index is 661. The molecule has 1 fully saturated rings. The van der Waals surface area contributed by atoms with Crippen molar-refractivity contribution in [3.05, 3.63) is 18.0 Å². The SMILES string of the molecule is CC(C)(C)N1CC[C@H](N(Cc2cc3c(cn2)OCCO3)C(=O)O)[C@H](O)C1. The van der Waals surface area contributed by atoms with Crippen LogP contribution < -0.4 is 9.47 Å². The number of likely N-dealkylation sites (tertiary alicyclic amines) is 1. The molecule has 2 aliphatic heterocycles. The predicted octanol–water partition coefficient (Wildman–Crippen LogP) is 1.57. The van der Waals surface area contributed by atoms with Gasteiger partial charge in [0.05, 0.1) is 30.6 Å². The van der Waals surface area contributed by atoms with Crippen LogP contribution in [0.1, 0.15) is 32.9 Å². The van der Waals surface area contributed by atoms with Crippen molar-refractivity contribution in [3.63, 3.8) is 0 Å². The number of aliphatic hydroxyl groups is 1. The lowest BCUT2D eigenvalue weighted by Crippen LogP contribution is -2.58. The van der Waals surface area contributed by atoms with Crippen LogP contribution in [0.25, 0.3) is 0 Å². The summed E-state index contributed by atoms with van der Waals surface area (Å²) < 4.78 is 11.0. The number of ether oxygens (including phenoxy) is 2. The Morgan fingerprint density at radius 1 is 1.35 bits per heavy atom. The van der Waals surface area contributed by atoms with E-state index >= 15 is 0 Å². The zero-order valence-electron chi connectivity index (χ0n) is 15.5. The molecule has 2 atom stereocenters. The van der Waals surface area contributed by atoms with Gasteiger partial charge in [-0.15, -0.1) is 0 Å². The first-order valence-electron chi connectivity index (χ1n) is 8.93. The number of carboxylic acid groups (broad SMARTS) is 1. The zero-order valence-corrected chi connectivity index (χ0v) is 15.5. The Morgan fingerprint density at radius 2 is 2.04 bits per heavy atom. The number of carbonyl (C=O) groups is 1. The molecule has 1 aromatic heterocycles. The van der Waals surface area contributed by atoms with E-state index < -0.39 is 18.2 Å². The highest BCUT2D eigenvalue weighted by Crippen LogP contribution is 2.30. The molecule has 3 rings (SSSR count). The Balaban J connectivity index is 1.73. The first kappa shape index (κ1) is 18.7. The van der Waals surface area contributed by atoms with Gasteiger partial charge >= 0.3 is 6.09 Å². The monoisotopic (exact) mass is 365 g/mol. The second-order valence-electron chi connectivity index (χ2n) is 7.77. The fourth-order valence-electron chi connectivity index (χ4n) is 3.47. The van der Waals surface area contributed by atoms with Crippen LogP contribution in [0.5, 0.6) is 11.5 Å². The Kier molecular flexibility index (Phi) is 5.24. The highest BCUT2D eigenvalue weighted by molar-refractivity contribution is 5.65. The second kappa shape index (κ2) is 7.28. The van der Waals surface area contributed by atoms with Crippen LogP contribution in [0.3, 0.4) is 0 Å². The first-order chi connectivity index (χ1) is 12.3. The topological polar surface area (TPSA) is 95.4 Å². The van der Waals surface area contributed by atoms with Crippen LogP contribution in [0.2, 0.25) is 0 Å². The summed E-state index contributed by atoms with van der Waals surface area (Å²) in [5, 5.41) is 20.3. The molecule has 1 amide bonds. The molecular weight excluding hydrogens is 338 g/mol. The summed E-state index contributed by atoms with van der Waals surface area (Å²) in [5.74, 6) is 1.15. The molecule has 2 N–H and O–H groups in total. The second-order valence-corrected chi connectivity index (χ2v) is 7.77. The van der Waals surface area contributed by atoms with Gasteiger partial charge in [-0.3, -0.25) is 14.8 Å². The Hall–Kier alpha value is -2.06. The van der Waals surface area contributed by atoms with Gasteiger partial charge in [-0.1, -0.05) is 0 Å². The third-order valence-corrected chi connectivity index (χ3v) is 4.96. The van der Waals surface area contributed by atoms with Crippen molar-refractivity contribution in [2.24, 2.45) is 0 Å². The molecule has 8 nitrogen and oxygen atoms in total. The lowest BCUT2D eigenvalue weighted by Gasteiger charge is -2.45. The van der Waals surface area contributed by atoms with E-state index in [1.807, 2.05) is 0 Å². The molecule has 8 heteroatoms. The van der Waals surface area contributed by atoms with E-state index in [1.165, 1.54) is 4.90 Å². The third kappa shape index (κ3) is 4.02. The summed E-state index contributed by atoms with van der Waals surface area (Å²) in [6, 6.07) is 1.25. The lowest BCUT2D eigenvalue weighted by atomic mass is 9.95. The molecular formula is C18H27N3O5. The minimum atomic E-state index is -1.06. The number of rotatable bonds is 3. The number of aromatic nitrogens is 1. The van der Waals surface area contributed by atoms with Gasteiger partial charge in [0, 0.05) is 24.7 Å². The molecule has 1 aromatic rings. The fourth-order valence-corrected chi connectivity index (χ4v) is 3.47. The summed E-state index contributed by atoms with van der Waals surface area (Å²) in [4.78, 5) is 19.6. The van der Waals surface area contributed by atoms with Gasteiger partial charge in [0.15, 0.2) is 11.5 Å². The van der Waals surface area contributed by atoms with Crippen molar-refractivity contribution >= 4 is 6.09 Å². The van der Waals surface area contributed by atoms with E-state index in [0.29, 0.717) is 43.4 Å². The maximum atomic E-state index is 11.8. The molecule has 2 aliphatic rings. The number of nitrogens with zero attached hydrogens (tertiary/aromatic N) is 3. The van der Waals surface area contributed by atoms with E-state index in [2.05, 4.69) is 30.7 Å². The van der Waals surface area contributed by atoms with Crippen LogP contribution in [0.15, 0.2) is 12.3 Å². The summed E-state index contributed by atoms with van der Waals surface area (Å²) in [6.07, 6.45) is 0.337. The van der Waals surface area contributed by atoms with Gasteiger partial charge in [-0.2, -0.15) is 0 Å². The van der Waals surface area contributed by atoms with Crippen molar-refractivity contribution in [2.45, 2.75) is 51.4 Å². The molecule has 0 radical (unpaired) electrons. The van der Waals surface area contributed by atoms with Gasteiger partial charge < -0.3 is 19.7 Å².